The number of nitrogens with zero attached hydrogens (tertiary/aromatic N) is 1. The maximum absolute atomic E-state index is 12.1. The van der Waals surface area contributed by atoms with E-state index < -0.39 is 11.7 Å². The van der Waals surface area contributed by atoms with Gasteiger partial charge < -0.3 is 5.32 Å². The first-order chi connectivity index (χ1) is 9.47. The van der Waals surface area contributed by atoms with Crippen LogP contribution in [0.5, 0.6) is 0 Å². The third-order valence-electron chi connectivity index (χ3n) is 3.27. The molecule has 1 heterocycles. The molecule has 20 heavy (non-hydrogen) atoms. The van der Waals surface area contributed by atoms with Gasteiger partial charge in [0.1, 0.15) is 6.54 Å². The molecule has 0 aliphatic carbocycles. The molecule has 1 N–H and O–H groups in total. The number of anilines is 1. The Balaban J connectivity index is 2.36. The molecule has 1 aliphatic heterocycles. The third-order valence-corrected chi connectivity index (χ3v) is 3.27. The van der Waals surface area contributed by atoms with Gasteiger partial charge in [0.05, 0.1) is 11.3 Å². The molecule has 2 amide bonds. The van der Waals surface area contributed by atoms with Gasteiger partial charge in [0.2, 0.25) is 5.91 Å². The molecule has 5 nitrogen and oxygen atoms in total. The fourth-order valence-corrected chi connectivity index (χ4v) is 2.30. The Labute approximate surface area is 117 Å². The summed E-state index contributed by atoms with van der Waals surface area (Å²) in [6, 6.07) is 3.65. The molecule has 1 aromatic rings. The van der Waals surface area contributed by atoms with E-state index in [0.29, 0.717) is 17.8 Å². The molecule has 5 heteroatoms. The summed E-state index contributed by atoms with van der Waals surface area (Å²) in [5, 5.41) is 2.60. The number of hydrogen-bond donors (Lipinski definition) is 1. The molecule has 0 bridgehead atoms. The zero-order chi connectivity index (χ0) is 14.9. The van der Waals surface area contributed by atoms with Gasteiger partial charge in [0, 0.05) is 6.54 Å². The van der Waals surface area contributed by atoms with Crippen LogP contribution in [0.15, 0.2) is 24.8 Å². The second-order valence-corrected chi connectivity index (χ2v) is 4.74. The highest BCUT2D eigenvalue weighted by Crippen LogP contribution is 2.34. The van der Waals surface area contributed by atoms with E-state index in [4.69, 9.17) is 0 Å². The van der Waals surface area contributed by atoms with Crippen LogP contribution < -0.4 is 10.2 Å². The number of Topliss-reactive ketones (excluding diaryl/α,β-unsaturated/α-hetero) is 1. The quantitative estimate of drug-likeness (QED) is 0.660. The topological polar surface area (TPSA) is 66.5 Å². The van der Waals surface area contributed by atoms with Gasteiger partial charge in [-0.05, 0) is 25.0 Å². The van der Waals surface area contributed by atoms with Crippen molar-refractivity contribution in [3.8, 4) is 0 Å². The minimum Gasteiger partial charge on any atom is -0.351 e. The number of hydrogen-bond acceptors (Lipinski definition) is 3. The maximum atomic E-state index is 12.1. The summed E-state index contributed by atoms with van der Waals surface area (Å²) in [6.45, 7) is 7.28. The fraction of sp³-hybridized carbons (Fsp3) is 0.267. The Morgan fingerprint density at radius 2 is 1.95 bits per heavy atom. The average Bonchev–Trinajstić information content (AvgIpc) is 2.67. The number of nitrogens with one attached hydrogen (secondary N) is 1. The molecule has 0 aromatic heterocycles. The van der Waals surface area contributed by atoms with E-state index >= 15 is 0 Å². The van der Waals surface area contributed by atoms with E-state index in [-0.39, 0.29) is 12.5 Å². The number of rotatable bonds is 4. The van der Waals surface area contributed by atoms with Crippen molar-refractivity contribution in [2.45, 2.75) is 13.8 Å². The lowest BCUT2D eigenvalue weighted by molar-refractivity contribution is -0.122. The van der Waals surface area contributed by atoms with E-state index in [1.54, 1.807) is 19.1 Å². The number of benzene rings is 1. The largest absolute Gasteiger partial charge is 0.351 e. The van der Waals surface area contributed by atoms with Crippen LogP contribution in [-0.4, -0.2) is 30.7 Å². The molecule has 0 spiro atoms. The standard InChI is InChI=1S/C15H16N2O3/c1-4-7-16-11(18)8-17-13-10(3)6-5-9(2)12(13)14(19)15(17)20/h4-6H,1,7-8H2,2-3H3,(H,16,18). The number of fused-ring (bicyclic) bond motifs is 1. The van der Waals surface area contributed by atoms with E-state index in [9.17, 15) is 14.4 Å². The zero-order valence-electron chi connectivity index (χ0n) is 11.5. The molecule has 0 fully saturated rings. The summed E-state index contributed by atoms with van der Waals surface area (Å²) >= 11 is 0. The van der Waals surface area contributed by atoms with Crippen LogP contribution in [0.2, 0.25) is 0 Å². The van der Waals surface area contributed by atoms with Gasteiger partial charge in [-0.2, -0.15) is 0 Å². The zero-order valence-corrected chi connectivity index (χ0v) is 11.5. The van der Waals surface area contributed by atoms with Crippen molar-refractivity contribution in [3.05, 3.63) is 41.5 Å². The van der Waals surface area contributed by atoms with Gasteiger partial charge in [0.15, 0.2) is 0 Å². The number of amides is 2. The predicted octanol–water partition coefficient (Wildman–Crippen LogP) is 1.13. The molecule has 1 aromatic carbocycles. The van der Waals surface area contributed by atoms with Crippen molar-refractivity contribution in [1.82, 2.24) is 5.32 Å². The molecule has 0 saturated carbocycles. The number of aryl methyl sites for hydroxylation is 2. The van der Waals surface area contributed by atoms with Crippen molar-refractivity contribution >= 4 is 23.3 Å². The van der Waals surface area contributed by atoms with Gasteiger partial charge in [-0.1, -0.05) is 18.2 Å². The second kappa shape index (κ2) is 5.28. The van der Waals surface area contributed by atoms with Crippen LogP contribution in [0.25, 0.3) is 0 Å². The molecular formula is C15H16N2O3. The lowest BCUT2D eigenvalue weighted by Gasteiger charge is -2.18. The lowest BCUT2D eigenvalue weighted by Crippen LogP contribution is -2.40. The van der Waals surface area contributed by atoms with Gasteiger partial charge in [-0.3, -0.25) is 19.3 Å². The average molecular weight is 272 g/mol. The summed E-state index contributed by atoms with van der Waals surface area (Å²) in [6.07, 6.45) is 1.55. The number of carbonyl (C=O) groups excluding carboxylic acids is 3. The Morgan fingerprint density at radius 3 is 2.60 bits per heavy atom. The SMILES string of the molecule is C=CCNC(=O)CN1C(=O)C(=O)c2c(C)ccc(C)c21. The molecule has 2 rings (SSSR count). The number of ketones is 1. The predicted molar refractivity (Wildman–Crippen MR) is 75.8 cm³/mol. The van der Waals surface area contributed by atoms with Crippen molar-refractivity contribution in [2.24, 2.45) is 0 Å². The van der Waals surface area contributed by atoms with E-state index in [2.05, 4.69) is 11.9 Å². The van der Waals surface area contributed by atoms with Crippen molar-refractivity contribution in [2.75, 3.05) is 18.0 Å². The minimum absolute atomic E-state index is 0.157. The van der Waals surface area contributed by atoms with Crippen molar-refractivity contribution < 1.29 is 14.4 Å². The summed E-state index contributed by atoms with van der Waals surface area (Å²) in [5.41, 5.74) is 2.51. The van der Waals surface area contributed by atoms with Crippen LogP contribution in [0.3, 0.4) is 0 Å². The lowest BCUT2D eigenvalue weighted by atomic mass is 10.0. The first-order valence-electron chi connectivity index (χ1n) is 6.31. The number of carbonyl (C=O) groups is 3. The summed E-state index contributed by atoms with van der Waals surface area (Å²) in [5.74, 6) is -1.51. The molecule has 104 valence electrons. The molecular weight excluding hydrogens is 256 g/mol. The fourth-order valence-electron chi connectivity index (χ4n) is 2.30. The summed E-state index contributed by atoms with van der Waals surface area (Å²) in [4.78, 5) is 37.1. The maximum Gasteiger partial charge on any atom is 0.299 e. The second-order valence-electron chi connectivity index (χ2n) is 4.74. The van der Waals surface area contributed by atoms with Crippen molar-refractivity contribution in [3.63, 3.8) is 0 Å². The Morgan fingerprint density at radius 1 is 1.30 bits per heavy atom. The van der Waals surface area contributed by atoms with Gasteiger partial charge in [0.25, 0.3) is 11.7 Å². The van der Waals surface area contributed by atoms with Crippen LogP contribution in [0.1, 0.15) is 21.5 Å². The van der Waals surface area contributed by atoms with E-state index in [1.165, 1.54) is 4.90 Å². The smallest absolute Gasteiger partial charge is 0.299 e. The normalized spacial score (nSPS) is 13.4. The Bertz CT molecular complexity index is 620. The van der Waals surface area contributed by atoms with Crippen LogP contribution >= 0.6 is 0 Å². The summed E-state index contributed by atoms with van der Waals surface area (Å²) in [7, 11) is 0. The summed E-state index contributed by atoms with van der Waals surface area (Å²) < 4.78 is 0. The van der Waals surface area contributed by atoms with Crippen LogP contribution in [0, 0.1) is 13.8 Å². The third kappa shape index (κ3) is 2.22. The molecule has 0 radical (unpaired) electrons. The van der Waals surface area contributed by atoms with Gasteiger partial charge >= 0.3 is 0 Å². The van der Waals surface area contributed by atoms with Crippen LogP contribution in [0.4, 0.5) is 5.69 Å². The molecule has 0 atom stereocenters. The minimum atomic E-state index is -0.647. The van der Waals surface area contributed by atoms with Crippen LogP contribution in [-0.2, 0) is 9.59 Å². The van der Waals surface area contributed by atoms with E-state index in [1.807, 2.05) is 13.0 Å². The first-order valence-corrected chi connectivity index (χ1v) is 6.31. The molecule has 0 unspecified atom stereocenters. The Kier molecular flexibility index (Phi) is 3.70. The van der Waals surface area contributed by atoms with Gasteiger partial charge in [-0.25, -0.2) is 0 Å². The van der Waals surface area contributed by atoms with Crippen molar-refractivity contribution in [1.29, 1.82) is 0 Å². The molecule has 1 aliphatic rings. The highest BCUT2D eigenvalue weighted by molar-refractivity contribution is 6.53. The van der Waals surface area contributed by atoms with Gasteiger partial charge in [-0.15, -0.1) is 6.58 Å². The Hall–Kier alpha value is -2.43. The molecule has 0 saturated heterocycles. The highest BCUT2D eigenvalue weighted by Gasteiger charge is 2.38. The first kappa shape index (κ1) is 14.0. The monoisotopic (exact) mass is 272 g/mol. The highest BCUT2D eigenvalue weighted by atomic mass is 16.2. The van der Waals surface area contributed by atoms with E-state index in [0.717, 1.165) is 11.1 Å².